The highest BCUT2D eigenvalue weighted by atomic mass is 32.2. The van der Waals surface area contributed by atoms with Gasteiger partial charge < -0.3 is 10.6 Å². The number of nitrogens with zero attached hydrogens (tertiary/aromatic N) is 1. The molecule has 2 rings (SSSR count). The van der Waals surface area contributed by atoms with Crippen LogP contribution in [0.15, 0.2) is 0 Å². The first-order chi connectivity index (χ1) is 7.27. The first-order valence-electron chi connectivity index (χ1n) is 5.88. The van der Waals surface area contributed by atoms with Crippen LogP contribution in [0.2, 0.25) is 0 Å². The van der Waals surface area contributed by atoms with Gasteiger partial charge in [0.25, 0.3) is 0 Å². The first kappa shape index (κ1) is 11.3. The zero-order chi connectivity index (χ0) is 10.7. The van der Waals surface area contributed by atoms with Gasteiger partial charge in [-0.05, 0) is 18.8 Å². The Labute approximate surface area is 95.8 Å². The summed E-state index contributed by atoms with van der Waals surface area (Å²) < 4.78 is 0. The molecule has 3 nitrogen and oxygen atoms in total. The van der Waals surface area contributed by atoms with E-state index in [0.29, 0.717) is 18.2 Å². The van der Waals surface area contributed by atoms with Gasteiger partial charge in [0.05, 0.1) is 0 Å². The molecule has 0 bridgehead atoms. The lowest BCUT2D eigenvalue weighted by Gasteiger charge is -2.28. The second kappa shape index (κ2) is 5.21. The molecule has 0 aromatic heterocycles. The molecule has 0 spiro atoms. The molecular formula is C11H20N2OS. The molecule has 1 aliphatic heterocycles. The number of amides is 1. The zero-order valence-electron chi connectivity index (χ0n) is 9.15. The predicted octanol–water partition coefficient (Wildman–Crippen LogP) is 1.08. The number of carbonyl (C=O) groups excluding carboxylic acids is 1. The second-order valence-corrected chi connectivity index (χ2v) is 5.78. The molecular weight excluding hydrogens is 208 g/mol. The number of nitrogens with two attached hydrogens (primary N) is 1. The quantitative estimate of drug-likeness (QED) is 0.769. The van der Waals surface area contributed by atoms with E-state index in [4.69, 9.17) is 5.73 Å². The summed E-state index contributed by atoms with van der Waals surface area (Å²) in [7, 11) is 0. The van der Waals surface area contributed by atoms with E-state index in [1.807, 2.05) is 16.7 Å². The van der Waals surface area contributed by atoms with Crippen LogP contribution in [0.3, 0.4) is 0 Å². The smallest absolute Gasteiger partial charge is 0.222 e. The van der Waals surface area contributed by atoms with Gasteiger partial charge in [0.2, 0.25) is 5.91 Å². The maximum atomic E-state index is 12.0. The van der Waals surface area contributed by atoms with Crippen molar-refractivity contribution in [1.82, 2.24) is 4.90 Å². The van der Waals surface area contributed by atoms with Gasteiger partial charge in [-0.1, -0.05) is 6.42 Å². The van der Waals surface area contributed by atoms with Crippen molar-refractivity contribution in [1.29, 1.82) is 0 Å². The maximum absolute atomic E-state index is 12.0. The molecule has 2 atom stereocenters. The van der Waals surface area contributed by atoms with E-state index < -0.39 is 0 Å². The van der Waals surface area contributed by atoms with Gasteiger partial charge in [-0.25, -0.2) is 0 Å². The van der Waals surface area contributed by atoms with Crippen LogP contribution < -0.4 is 5.73 Å². The number of carbonyl (C=O) groups is 1. The van der Waals surface area contributed by atoms with Crippen molar-refractivity contribution in [3.05, 3.63) is 0 Å². The lowest BCUT2D eigenvalue weighted by Crippen LogP contribution is -2.40. The van der Waals surface area contributed by atoms with Gasteiger partial charge in [0.1, 0.15) is 0 Å². The summed E-state index contributed by atoms with van der Waals surface area (Å²) in [5.41, 5.74) is 5.98. The molecule has 15 heavy (non-hydrogen) atoms. The van der Waals surface area contributed by atoms with Crippen molar-refractivity contribution >= 4 is 17.7 Å². The van der Waals surface area contributed by atoms with Crippen molar-refractivity contribution in [3.63, 3.8) is 0 Å². The zero-order valence-corrected chi connectivity index (χ0v) is 9.97. The normalized spacial score (nSPS) is 31.9. The molecule has 2 aliphatic rings. The monoisotopic (exact) mass is 228 g/mol. The summed E-state index contributed by atoms with van der Waals surface area (Å²) in [4.78, 5) is 14.0. The van der Waals surface area contributed by atoms with Crippen LogP contribution in [0, 0.1) is 5.92 Å². The fourth-order valence-corrected chi connectivity index (χ4v) is 3.39. The first-order valence-corrected chi connectivity index (χ1v) is 7.04. The van der Waals surface area contributed by atoms with Gasteiger partial charge in [-0.15, -0.1) is 0 Å². The molecule has 2 fully saturated rings. The van der Waals surface area contributed by atoms with E-state index >= 15 is 0 Å². The number of hydrogen-bond acceptors (Lipinski definition) is 3. The van der Waals surface area contributed by atoms with Crippen molar-refractivity contribution in [2.45, 2.75) is 31.7 Å². The Kier molecular flexibility index (Phi) is 3.92. The Morgan fingerprint density at radius 2 is 2.07 bits per heavy atom. The summed E-state index contributed by atoms with van der Waals surface area (Å²) in [5, 5.41) is 0. The Bertz CT molecular complexity index is 229. The highest BCUT2D eigenvalue weighted by Gasteiger charge is 2.28. The van der Waals surface area contributed by atoms with Gasteiger partial charge in [-0.2, -0.15) is 11.8 Å². The van der Waals surface area contributed by atoms with Gasteiger partial charge in [-0.3, -0.25) is 4.79 Å². The Morgan fingerprint density at radius 1 is 1.33 bits per heavy atom. The minimum atomic E-state index is 0.271. The second-order valence-electron chi connectivity index (χ2n) is 4.55. The molecule has 0 aromatic rings. The van der Waals surface area contributed by atoms with E-state index in [9.17, 15) is 4.79 Å². The van der Waals surface area contributed by atoms with Gasteiger partial charge in [0.15, 0.2) is 0 Å². The molecule has 86 valence electrons. The minimum absolute atomic E-state index is 0.271. The largest absolute Gasteiger partial charge is 0.341 e. The Balaban J connectivity index is 1.80. The van der Waals surface area contributed by atoms with E-state index in [1.165, 1.54) is 6.42 Å². The third-order valence-electron chi connectivity index (χ3n) is 3.52. The van der Waals surface area contributed by atoms with E-state index in [2.05, 4.69) is 0 Å². The average Bonchev–Trinajstić information content (AvgIpc) is 2.66. The molecule has 1 amide bonds. The highest BCUT2D eigenvalue weighted by Crippen LogP contribution is 2.27. The maximum Gasteiger partial charge on any atom is 0.222 e. The lowest BCUT2D eigenvalue weighted by molar-refractivity contribution is -0.131. The average molecular weight is 228 g/mol. The Hall–Kier alpha value is -0.220. The fraction of sp³-hybridized carbons (Fsp3) is 0.909. The summed E-state index contributed by atoms with van der Waals surface area (Å²) in [5.74, 6) is 2.98. The molecule has 1 heterocycles. The van der Waals surface area contributed by atoms with Crippen molar-refractivity contribution in [2.24, 2.45) is 11.7 Å². The molecule has 2 N–H and O–H groups in total. The van der Waals surface area contributed by atoms with Gasteiger partial charge in [0, 0.05) is 37.1 Å². The van der Waals surface area contributed by atoms with Crippen LogP contribution >= 0.6 is 11.8 Å². The third kappa shape index (κ3) is 2.88. The third-order valence-corrected chi connectivity index (χ3v) is 4.46. The topological polar surface area (TPSA) is 46.3 Å². The van der Waals surface area contributed by atoms with Crippen LogP contribution in [0.4, 0.5) is 0 Å². The number of thioether (sulfide) groups is 1. The summed E-state index contributed by atoms with van der Waals surface area (Å²) in [6, 6.07) is 0.271. The molecule has 4 heteroatoms. The highest BCUT2D eigenvalue weighted by molar-refractivity contribution is 7.99. The molecule has 0 radical (unpaired) electrons. The van der Waals surface area contributed by atoms with E-state index in [1.54, 1.807) is 0 Å². The Morgan fingerprint density at radius 3 is 2.67 bits per heavy atom. The van der Waals surface area contributed by atoms with Crippen molar-refractivity contribution in [2.75, 3.05) is 24.6 Å². The predicted molar refractivity (Wildman–Crippen MR) is 63.8 cm³/mol. The van der Waals surface area contributed by atoms with Crippen LogP contribution in [-0.2, 0) is 4.79 Å². The fourth-order valence-electron chi connectivity index (χ4n) is 2.49. The number of rotatable bonds is 2. The molecule has 1 saturated heterocycles. The standard InChI is InChI=1S/C11H20N2OS/c12-10-3-1-2-9(10)8-11(14)13-4-6-15-7-5-13/h9-10H,1-8,12H2/t9-,10+/m0/s1. The van der Waals surface area contributed by atoms with E-state index in [-0.39, 0.29) is 6.04 Å². The van der Waals surface area contributed by atoms with Crippen molar-refractivity contribution in [3.8, 4) is 0 Å². The summed E-state index contributed by atoms with van der Waals surface area (Å²) in [6.07, 6.45) is 4.14. The van der Waals surface area contributed by atoms with Crippen LogP contribution in [0.1, 0.15) is 25.7 Å². The van der Waals surface area contributed by atoms with Crippen LogP contribution in [0.5, 0.6) is 0 Å². The molecule has 1 saturated carbocycles. The SMILES string of the molecule is N[C@@H]1CCC[C@H]1CC(=O)N1CCSCC1. The van der Waals surface area contributed by atoms with Gasteiger partial charge >= 0.3 is 0 Å². The van der Waals surface area contributed by atoms with Crippen LogP contribution in [-0.4, -0.2) is 41.4 Å². The molecule has 0 unspecified atom stereocenters. The van der Waals surface area contributed by atoms with Crippen LogP contribution in [0.25, 0.3) is 0 Å². The van der Waals surface area contributed by atoms with Crippen molar-refractivity contribution < 1.29 is 4.79 Å². The minimum Gasteiger partial charge on any atom is -0.341 e. The molecule has 1 aliphatic carbocycles. The molecule has 0 aromatic carbocycles. The lowest BCUT2D eigenvalue weighted by atomic mass is 9.99. The van der Waals surface area contributed by atoms with E-state index in [0.717, 1.165) is 37.4 Å². The summed E-state index contributed by atoms with van der Waals surface area (Å²) in [6.45, 7) is 1.87. The summed E-state index contributed by atoms with van der Waals surface area (Å²) >= 11 is 1.94. The number of hydrogen-bond donors (Lipinski definition) is 1.